The second-order valence-corrected chi connectivity index (χ2v) is 5.34. The second-order valence-electron chi connectivity index (χ2n) is 5.34. The average Bonchev–Trinajstić information content (AvgIpc) is 2.35. The van der Waals surface area contributed by atoms with Crippen LogP contribution >= 0.6 is 0 Å². The van der Waals surface area contributed by atoms with Crippen LogP contribution in [0.5, 0.6) is 0 Å². The van der Waals surface area contributed by atoms with Gasteiger partial charge in [-0.25, -0.2) is 18.6 Å². The minimum absolute atomic E-state index is 0. The first-order chi connectivity index (χ1) is 8.70. The van der Waals surface area contributed by atoms with E-state index in [4.69, 9.17) is 0 Å². The molecule has 2 unspecified atom stereocenters. The molecule has 0 bridgehead atoms. The summed E-state index contributed by atoms with van der Waals surface area (Å²) < 4.78 is 0. The van der Waals surface area contributed by atoms with Gasteiger partial charge in [0, 0.05) is 32.7 Å². The van der Waals surface area contributed by atoms with Crippen LogP contribution in [0.4, 0.5) is 0 Å². The SMILES string of the molecule is [CH2-]CCC([CH2-])CCC=C[CH-]CCC([CH2-])CCCC.[CH3-].[W+2].[W+2].[Y]. The summed E-state index contributed by atoms with van der Waals surface area (Å²) in [4.78, 5) is 0. The Morgan fingerprint density at radius 3 is 2.14 bits per heavy atom. The maximum absolute atomic E-state index is 4.19. The van der Waals surface area contributed by atoms with E-state index in [0.29, 0.717) is 11.8 Å². The van der Waals surface area contributed by atoms with E-state index in [1.165, 1.54) is 38.5 Å². The second kappa shape index (κ2) is 27.9. The van der Waals surface area contributed by atoms with E-state index < -0.39 is 0 Å². The molecule has 2 atom stereocenters. The molecule has 0 aliphatic carbocycles. The minimum Gasteiger partial charge on any atom is -0.358 e. The molecular weight excluding hydrogens is 685 g/mol. The molecule has 0 fully saturated rings. The summed E-state index contributed by atoms with van der Waals surface area (Å²) in [6, 6.07) is 0. The summed E-state index contributed by atoms with van der Waals surface area (Å²) in [6.07, 6.45) is 17.5. The summed E-state index contributed by atoms with van der Waals surface area (Å²) in [5.41, 5.74) is 0. The van der Waals surface area contributed by atoms with Crippen LogP contribution in [0.3, 0.4) is 0 Å². The van der Waals surface area contributed by atoms with Crippen LogP contribution < -0.4 is 0 Å². The Kier molecular flexibility index (Phi) is 44.7. The Labute approximate surface area is 196 Å². The van der Waals surface area contributed by atoms with E-state index in [9.17, 15) is 0 Å². The van der Waals surface area contributed by atoms with Crippen molar-refractivity contribution >= 4 is 0 Å². The predicted molar refractivity (Wildman–Crippen MR) is 90.1 cm³/mol. The molecule has 0 saturated carbocycles. The Morgan fingerprint density at radius 2 is 1.59 bits per heavy atom. The third kappa shape index (κ3) is 27.0. The van der Waals surface area contributed by atoms with E-state index in [2.05, 4.69) is 46.3 Å². The number of rotatable bonds is 12. The van der Waals surface area contributed by atoms with Crippen LogP contribution in [0.15, 0.2) is 12.2 Å². The molecule has 127 valence electrons. The number of hydrogen-bond donors (Lipinski definition) is 0. The Morgan fingerprint density at radius 1 is 1.00 bits per heavy atom. The van der Waals surface area contributed by atoms with E-state index in [1.807, 2.05) is 0 Å². The van der Waals surface area contributed by atoms with Gasteiger partial charge in [-0.1, -0.05) is 39.0 Å². The van der Waals surface area contributed by atoms with Crippen LogP contribution in [0.1, 0.15) is 64.7 Å². The number of unbranched alkanes of at least 4 members (excludes halogenated alkanes) is 2. The largest absolute Gasteiger partial charge is 2.00 e. The van der Waals surface area contributed by atoms with E-state index in [0.717, 1.165) is 19.3 Å². The molecule has 0 amide bonds. The minimum atomic E-state index is 0. The van der Waals surface area contributed by atoms with Gasteiger partial charge in [0.2, 0.25) is 0 Å². The van der Waals surface area contributed by atoms with Gasteiger partial charge >= 0.3 is 42.1 Å². The molecule has 0 heterocycles. The first-order valence-electron chi connectivity index (χ1n) is 7.64. The molecular formula is C19H35W2Y-. The van der Waals surface area contributed by atoms with E-state index >= 15 is 0 Å². The van der Waals surface area contributed by atoms with Crippen molar-refractivity contribution < 1.29 is 74.8 Å². The van der Waals surface area contributed by atoms with Gasteiger partial charge in [-0.05, 0) is 0 Å². The summed E-state index contributed by atoms with van der Waals surface area (Å²) in [6.45, 7) is 14.4. The van der Waals surface area contributed by atoms with Gasteiger partial charge in [0.25, 0.3) is 0 Å². The molecule has 22 heavy (non-hydrogen) atoms. The molecule has 0 aliphatic heterocycles. The fourth-order valence-corrected chi connectivity index (χ4v) is 2.02. The maximum atomic E-state index is 4.19. The van der Waals surface area contributed by atoms with Crippen LogP contribution in [-0.2, 0) is 74.8 Å². The molecule has 0 N–H and O–H groups in total. The van der Waals surface area contributed by atoms with Gasteiger partial charge in [-0.3, -0.25) is 0 Å². The fourth-order valence-electron chi connectivity index (χ4n) is 2.02. The van der Waals surface area contributed by atoms with Crippen molar-refractivity contribution in [2.24, 2.45) is 11.8 Å². The standard InChI is InChI=1S/C18H32.CH3.2W.Y/c1-5-7-14-18(4)16-12-10-8-9-11-15-17(3)13-6-2;;;;/h8-10,17-18H,2-7,11-16H2,1H3;1H3;;;/q-4;-1;2*+2;. The van der Waals surface area contributed by atoms with Gasteiger partial charge in [-0.2, -0.15) is 18.3 Å². The number of allylic oxidation sites excluding steroid dienone is 2. The topological polar surface area (TPSA) is 0 Å². The quantitative estimate of drug-likeness (QED) is 0.161. The predicted octanol–water partition coefficient (Wildman–Crippen LogP) is 6.46. The third-order valence-corrected chi connectivity index (χ3v) is 3.33. The van der Waals surface area contributed by atoms with Crippen molar-refractivity contribution in [3.8, 4) is 0 Å². The van der Waals surface area contributed by atoms with Crippen LogP contribution in [0, 0.1) is 46.5 Å². The zero-order valence-electron chi connectivity index (χ0n) is 14.8. The van der Waals surface area contributed by atoms with Gasteiger partial charge in [-0.15, -0.1) is 19.3 Å². The zero-order valence-corrected chi connectivity index (χ0v) is 23.5. The van der Waals surface area contributed by atoms with Crippen LogP contribution in [0.2, 0.25) is 0 Å². The Bertz CT molecular complexity index is 196. The fraction of sp³-hybridized carbons (Fsp3) is 0.632. The molecule has 0 aromatic carbocycles. The molecule has 0 rings (SSSR count). The maximum Gasteiger partial charge on any atom is 2.00 e. The summed E-state index contributed by atoms with van der Waals surface area (Å²) in [5.74, 6) is 1.21. The summed E-state index contributed by atoms with van der Waals surface area (Å²) in [7, 11) is 0. The van der Waals surface area contributed by atoms with Crippen molar-refractivity contribution in [1.29, 1.82) is 0 Å². The summed E-state index contributed by atoms with van der Waals surface area (Å²) >= 11 is 0. The first-order valence-corrected chi connectivity index (χ1v) is 7.64. The summed E-state index contributed by atoms with van der Waals surface area (Å²) in [5, 5.41) is 0. The monoisotopic (exact) mass is 720 g/mol. The normalized spacial score (nSPS) is 12.2. The van der Waals surface area contributed by atoms with Gasteiger partial charge < -0.3 is 28.2 Å². The van der Waals surface area contributed by atoms with Gasteiger partial charge in [0.05, 0.1) is 0 Å². The molecule has 0 nitrogen and oxygen atoms in total. The zero-order chi connectivity index (χ0) is 13.6. The van der Waals surface area contributed by atoms with Crippen molar-refractivity contribution in [3.63, 3.8) is 0 Å². The van der Waals surface area contributed by atoms with E-state index in [1.54, 1.807) is 0 Å². The van der Waals surface area contributed by atoms with Gasteiger partial charge in [0.15, 0.2) is 0 Å². The molecule has 0 spiro atoms. The van der Waals surface area contributed by atoms with Crippen molar-refractivity contribution in [3.05, 3.63) is 46.8 Å². The van der Waals surface area contributed by atoms with Gasteiger partial charge in [0.1, 0.15) is 0 Å². The molecule has 0 saturated heterocycles. The molecule has 0 aromatic heterocycles. The molecule has 0 aliphatic rings. The molecule has 0 aromatic rings. The smallest absolute Gasteiger partial charge is 0.358 e. The van der Waals surface area contributed by atoms with Crippen molar-refractivity contribution in [1.82, 2.24) is 0 Å². The Hall–Kier alpha value is 2.09. The first kappa shape index (κ1) is 35.2. The van der Waals surface area contributed by atoms with Crippen LogP contribution in [-0.4, -0.2) is 0 Å². The van der Waals surface area contributed by atoms with Crippen molar-refractivity contribution in [2.75, 3.05) is 0 Å². The molecule has 1 radical (unpaired) electrons. The molecule has 3 heteroatoms. The van der Waals surface area contributed by atoms with Crippen molar-refractivity contribution in [2.45, 2.75) is 64.7 Å². The Balaban J connectivity index is -0.000000241. The van der Waals surface area contributed by atoms with Crippen LogP contribution in [0.25, 0.3) is 0 Å². The average molecular weight is 720 g/mol. The third-order valence-electron chi connectivity index (χ3n) is 3.33. The van der Waals surface area contributed by atoms with E-state index in [-0.39, 0.29) is 82.3 Å². The number of hydrogen-bond acceptors (Lipinski definition) is 0.